The van der Waals surface area contributed by atoms with Crippen molar-refractivity contribution in [3.63, 3.8) is 0 Å². The molecule has 0 radical (unpaired) electrons. The van der Waals surface area contributed by atoms with Crippen LogP contribution in [0.5, 0.6) is 0 Å². The molecule has 0 saturated carbocycles. The van der Waals surface area contributed by atoms with Crippen LogP contribution in [0.25, 0.3) is 0 Å². The first-order valence-electron chi connectivity index (χ1n) is 11.7. The van der Waals surface area contributed by atoms with Crippen LogP contribution in [0.15, 0.2) is 53.0 Å². The predicted molar refractivity (Wildman–Crippen MR) is 137 cm³/mol. The molecule has 2 aliphatic rings. The Bertz CT molecular complexity index is 1150. The third-order valence-electron chi connectivity index (χ3n) is 6.79. The number of rotatable bonds is 6. The van der Waals surface area contributed by atoms with Crippen LogP contribution in [0.4, 0.5) is 10.5 Å². The van der Waals surface area contributed by atoms with E-state index in [2.05, 4.69) is 31.9 Å². The molecule has 0 bridgehead atoms. The number of aliphatic carboxylic acids is 1. The van der Waals surface area contributed by atoms with Crippen LogP contribution in [-0.4, -0.2) is 71.7 Å². The number of carbonyl (C=O) groups excluding carboxylic acids is 3. The van der Waals surface area contributed by atoms with Crippen LogP contribution in [-0.2, 0) is 9.59 Å². The summed E-state index contributed by atoms with van der Waals surface area (Å²) in [5, 5.41) is 17.6. The number of hydrogen-bond donors (Lipinski definition) is 4. The van der Waals surface area contributed by atoms with Gasteiger partial charge in [0.25, 0.3) is 5.91 Å². The van der Waals surface area contributed by atoms with Crippen molar-refractivity contribution < 1.29 is 24.3 Å². The van der Waals surface area contributed by atoms with Crippen molar-refractivity contribution in [1.82, 2.24) is 20.9 Å². The van der Waals surface area contributed by atoms with E-state index >= 15 is 0 Å². The summed E-state index contributed by atoms with van der Waals surface area (Å²) in [7, 11) is 0. The van der Waals surface area contributed by atoms with Gasteiger partial charge in [0.15, 0.2) is 0 Å². The number of nitrogens with zero attached hydrogens (tertiary/aromatic N) is 2. The smallest absolute Gasteiger partial charge is 0.328 e. The molecule has 4 amide bonds. The van der Waals surface area contributed by atoms with Crippen molar-refractivity contribution in [3.05, 3.63) is 64.1 Å². The lowest BCUT2D eigenvalue weighted by atomic mass is 9.85. The second-order valence-corrected chi connectivity index (χ2v) is 9.78. The number of urea groups is 1. The summed E-state index contributed by atoms with van der Waals surface area (Å²) < 4.78 is 0.552. The van der Waals surface area contributed by atoms with Crippen molar-refractivity contribution in [3.8, 4) is 0 Å². The maximum Gasteiger partial charge on any atom is 0.328 e. The highest BCUT2D eigenvalue weighted by Crippen LogP contribution is 2.36. The number of carboxylic acids is 1. The second kappa shape index (κ2) is 10.6. The van der Waals surface area contributed by atoms with Crippen LogP contribution in [0.1, 0.15) is 28.8 Å². The van der Waals surface area contributed by atoms with E-state index in [0.717, 1.165) is 5.69 Å². The summed E-state index contributed by atoms with van der Waals surface area (Å²) in [6.07, 6.45) is 0.892. The summed E-state index contributed by atoms with van der Waals surface area (Å²) in [6.45, 7) is 2.56. The zero-order valence-electron chi connectivity index (χ0n) is 19.8. The van der Waals surface area contributed by atoms with Crippen LogP contribution in [0.3, 0.4) is 0 Å². The number of nitrogens with one attached hydrogen (secondary N) is 3. The fourth-order valence-electron chi connectivity index (χ4n) is 4.76. The summed E-state index contributed by atoms with van der Waals surface area (Å²) >= 11 is 3.32. The molecule has 2 fully saturated rings. The van der Waals surface area contributed by atoms with Gasteiger partial charge in [-0.05, 0) is 59.5 Å². The molecule has 2 aromatic rings. The van der Waals surface area contributed by atoms with E-state index in [1.807, 2.05) is 35.2 Å². The van der Waals surface area contributed by atoms with Crippen LogP contribution in [0, 0.1) is 6.92 Å². The van der Waals surface area contributed by atoms with Gasteiger partial charge < -0.3 is 30.9 Å². The molecule has 190 valence electrons. The Hall–Kier alpha value is -3.60. The zero-order valence-corrected chi connectivity index (χ0v) is 21.4. The summed E-state index contributed by atoms with van der Waals surface area (Å²) in [5.74, 6) is -1.86. The highest BCUT2D eigenvalue weighted by atomic mass is 79.9. The Morgan fingerprint density at radius 2 is 1.81 bits per heavy atom. The van der Waals surface area contributed by atoms with Crippen molar-refractivity contribution in [2.75, 3.05) is 31.2 Å². The number of likely N-dealkylation sites (tertiary alicyclic amines) is 1. The van der Waals surface area contributed by atoms with Crippen molar-refractivity contribution in [1.29, 1.82) is 0 Å². The minimum absolute atomic E-state index is 0.0533. The molecule has 2 aliphatic heterocycles. The van der Waals surface area contributed by atoms with Crippen molar-refractivity contribution >= 4 is 45.4 Å². The topological polar surface area (TPSA) is 131 Å². The van der Waals surface area contributed by atoms with Gasteiger partial charge in [0, 0.05) is 23.2 Å². The minimum atomic E-state index is -1.31. The molecule has 2 heterocycles. The minimum Gasteiger partial charge on any atom is -0.480 e. The summed E-state index contributed by atoms with van der Waals surface area (Å²) in [6, 6.07) is 13.2. The quantitative estimate of drug-likeness (QED) is 0.430. The average molecular weight is 558 g/mol. The van der Waals surface area contributed by atoms with Gasteiger partial charge in [-0.2, -0.15) is 0 Å². The predicted octanol–water partition coefficient (Wildman–Crippen LogP) is 2.08. The van der Waals surface area contributed by atoms with E-state index in [4.69, 9.17) is 0 Å². The average Bonchev–Trinajstić information content (AvgIpc) is 3.17. The van der Waals surface area contributed by atoms with Gasteiger partial charge in [-0.1, -0.05) is 30.3 Å². The molecule has 4 N–H and O–H groups in total. The zero-order chi connectivity index (χ0) is 25.9. The molecule has 1 unspecified atom stereocenters. The van der Waals surface area contributed by atoms with E-state index in [0.29, 0.717) is 48.2 Å². The number of piperidine rings is 1. The standard InChI is InChI=1S/C25H28BrN5O5/c1-16-6-5-9-18(26)20(16)21(32)29-19(22(33)34)14-27-24(36)30-12-10-25(11-13-30)23(35)28-15-31(25)17-7-3-2-4-8-17/h2-9,19H,10-15H2,1H3,(H,27,36)(H,28,35)(H,29,32)(H,33,34). The number of amides is 4. The maximum absolute atomic E-state index is 12.8. The highest BCUT2D eigenvalue weighted by Gasteiger charge is 2.50. The maximum atomic E-state index is 12.8. The largest absolute Gasteiger partial charge is 0.480 e. The SMILES string of the molecule is Cc1cccc(Br)c1C(=O)NC(CNC(=O)N1CCC2(CC1)C(=O)NCN2c1ccccc1)C(=O)O. The Morgan fingerprint density at radius 3 is 2.44 bits per heavy atom. The molecule has 0 aromatic heterocycles. The van der Waals surface area contributed by atoms with Gasteiger partial charge >= 0.3 is 12.0 Å². The first kappa shape index (κ1) is 25.5. The lowest BCUT2D eigenvalue weighted by Crippen LogP contribution is -2.59. The highest BCUT2D eigenvalue weighted by molar-refractivity contribution is 9.10. The number of anilines is 1. The van der Waals surface area contributed by atoms with Gasteiger partial charge in [0.2, 0.25) is 5.91 Å². The van der Waals surface area contributed by atoms with Crippen LogP contribution < -0.4 is 20.9 Å². The molecular weight excluding hydrogens is 530 g/mol. The Morgan fingerprint density at radius 1 is 1.11 bits per heavy atom. The molecule has 4 rings (SSSR count). The van der Waals surface area contributed by atoms with Crippen molar-refractivity contribution in [2.24, 2.45) is 0 Å². The number of benzene rings is 2. The lowest BCUT2D eigenvalue weighted by Gasteiger charge is -2.43. The van der Waals surface area contributed by atoms with Gasteiger partial charge in [0.05, 0.1) is 18.8 Å². The monoisotopic (exact) mass is 557 g/mol. The van der Waals surface area contributed by atoms with Gasteiger partial charge in [-0.25, -0.2) is 9.59 Å². The fraction of sp³-hybridized carbons (Fsp3) is 0.360. The molecule has 11 heteroatoms. The number of hydrogen-bond acceptors (Lipinski definition) is 5. The van der Waals surface area contributed by atoms with Gasteiger partial charge in [0.1, 0.15) is 11.6 Å². The van der Waals surface area contributed by atoms with Crippen molar-refractivity contribution in [2.45, 2.75) is 31.3 Å². The molecule has 2 aromatic carbocycles. The van der Waals surface area contributed by atoms with Crippen LogP contribution >= 0.6 is 15.9 Å². The normalized spacial score (nSPS) is 17.4. The Balaban J connectivity index is 1.35. The number of carbonyl (C=O) groups is 4. The number of aryl methyl sites for hydroxylation is 1. The van der Waals surface area contributed by atoms with E-state index in [9.17, 15) is 24.3 Å². The third kappa shape index (κ3) is 5.01. The molecule has 10 nitrogen and oxygen atoms in total. The molecule has 2 saturated heterocycles. The first-order chi connectivity index (χ1) is 17.2. The Labute approximate surface area is 217 Å². The molecule has 1 spiro atoms. The van der Waals surface area contributed by atoms with E-state index in [1.165, 1.54) is 0 Å². The fourth-order valence-corrected chi connectivity index (χ4v) is 5.41. The molecule has 1 atom stereocenters. The van der Waals surface area contributed by atoms with Crippen LogP contribution in [0.2, 0.25) is 0 Å². The summed E-state index contributed by atoms with van der Waals surface area (Å²) in [5.41, 5.74) is 1.25. The molecular formula is C25H28BrN5O5. The lowest BCUT2D eigenvalue weighted by molar-refractivity contribution is -0.139. The molecule has 36 heavy (non-hydrogen) atoms. The summed E-state index contributed by atoms with van der Waals surface area (Å²) in [4.78, 5) is 53.7. The van der Waals surface area contributed by atoms with E-state index in [-0.39, 0.29) is 12.5 Å². The van der Waals surface area contributed by atoms with Gasteiger partial charge in [-0.15, -0.1) is 0 Å². The van der Waals surface area contributed by atoms with Gasteiger partial charge in [-0.3, -0.25) is 9.59 Å². The van der Waals surface area contributed by atoms with E-state index in [1.54, 1.807) is 30.0 Å². The number of halogens is 1. The number of para-hydroxylation sites is 1. The first-order valence-corrected chi connectivity index (χ1v) is 12.4. The third-order valence-corrected chi connectivity index (χ3v) is 7.45. The Kier molecular flexibility index (Phi) is 7.48. The second-order valence-electron chi connectivity index (χ2n) is 8.93. The number of carboxylic acid groups (broad SMARTS) is 1. The van der Waals surface area contributed by atoms with E-state index < -0.39 is 29.5 Å². The molecule has 0 aliphatic carbocycles.